The van der Waals surface area contributed by atoms with Crippen molar-refractivity contribution in [3.05, 3.63) is 42.0 Å². The Labute approximate surface area is 268 Å². The highest BCUT2D eigenvalue weighted by Gasteiger charge is 2.47. The number of nitrogens with one attached hydrogen (secondary N) is 1. The van der Waals surface area contributed by atoms with Gasteiger partial charge in [-0.3, -0.25) is 18.8 Å². The van der Waals surface area contributed by atoms with Crippen LogP contribution in [0.15, 0.2) is 36.4 Å². The Hall–Kier alpha value is -3.27. The summed E-state index contributed by atoms with van der Waals surface area (Å²) in [5, 5.41) is 23.1. The quantitative estimate of drug-likeness (QED) is 0.0684. The van der Waals surface area contributed by atoms with Gasteiger partial charge in [0.15, 0.2) is 5.60 Å². The molecular formula is C35H55FN2O7. The summed E-state index contributed by atoms with van der Waals surface area (Å²) in [6.07, 6.45) is 14.5. The van der Waals surface area contributed by atoms with Crippen LogP contribution in [0, 0.1) is 5.92 Å². The third-order valence-electron chi connectivity index (χ3n) is 7.90. The molecule has 0 aliphatic rings. The summed E-state index contributed by atoms with van der Waals surface area (Å²) in [6, 6.07) is 5.77. The van der Waals surface area contributed by atoms with Gasteiger partial charge in [-0.05, 0) is 49.8 Å². The van der Waals surface area contributed by atoms with Crippen molar-refractivity contribution in [2.45, 2.75) is 128 Å². The van der Waals surface area contributed by atoms with Gasteiger partial charge in [0.05, 0.1) is 19.2 Å². The van der Waals surface area contributed by atoms with Crippen molar-refractivity contribution in [3.8, 4) is 5.75 Å². The summed E-state index contributed by atoms with van der Waals surface area (Å²) in [5.41, 5.74) is 3.52. The zero-order valence-electron chi connectivity index (χ0n) is 27.2. The van der Waals surface area contributed by atoms with Gasteiger partial charge >= 0.3 is 5.97 Å². The van der Waals surface area contributed by atoms with Crippen molar-refractivity contribution >= 4 is 23.6 Å². The van der Waals surface area contributed by atoms with E-state index < -0.39 is 48.4 Å². The first-order valence-corrected chi connectivity index (χ1v) is 16.6. The molecule has 45 heavy (non-hydrogen) atoms. The number of allylic oxidation sites excluding steroid dienone is 1. The first kappa shape index (κ1) is 39.8. The van der Waals surface area contributed by atoms with Gasteiger partial charge in [0, 0.05) is 25.7 Å². The molecule has 3 atom stereocenters. The van der Waals surface area contributed by atoms with Gasteiger partial charge in [0.2, 0.25) is 11.8 Å². The van der Waals surface area contributed by atoms with Gasteiger partial charge in [-0.1, -0.05) is 83.1 Å². The molecule has 0 saturated heterocycles. The Morgan fingerprint density at radius 3 is 2.09 bits per heavy atom. The number of carbonyl (C=O) groups excluding carboxylic acids is 3. The maximum atomic E-state index is 13.3. The molecule has 0 aliphatic carbocycles. The lowest BCUT2D eigenvalue weighted by Crippen LogP contribution is -2.55. The Bertz CT molecular complexity index is 1050. The fourth-order valence-electron chi connectivity index (χ4n) is 5.00. The smallest absolute Gasteiger partial charge is 0.336 e. The number of Topliss-reactive ketones (excluding diaryl/α,β-unsaturated/α-hetero) is 1. The monoisotopic (exact) mass is 634 g/mol. The van der Waals surface area contributed by atoms with Crippen LogP contribution in [0.25, 0.3) is 0 Å². The van der Waals surface area contributed by atoms with Crippen LogP contribution < -0.4 is 15.8 Å². The molecule has 254 valence electrons. The normalized spacial score (nSPS) is 14.0. The molecule has 0 aromatic heterocycles. The van der Waals surface area contributed by atoms with Crippen LogP contribution in [-0.2, 0) is 25.6 Å². The van der Waals surface area contributed by atoms with Crippen LogP contribution in [0.3, 0.4) is 0 Å². The second-order valence-electron chi connectivity index (χ2n) is 11.7. The molecule has 0 heterocycles. The van der Waals surface area contributed by atoms with Crippen LogP contribution >= 0.6 is 0 Å². The lowest BCUT2D eigenvalue weighted by molar-refractivity contribution is -0.167. The number of aliphatic carboxylic acids is 1. The molecule has 0 saturated carbocycles. The van der Waals surface area contributed by atoms with Gasteiger partial charge in [-0.2, -0.15) is 0 Å². The number of carboxylic acids is 1. The number of nitrogens with two attached hydrogens (primary N) is 1. The molecule has 0 radical (unpaired) electrons. The highest BCUT2D eigenvalue weighted by molar-refractivity contribution is 5.93. The van der Waals surface area contributed by atoms with Crippen LogP contribution in [0.4, 0.5) is 4.39 Å². The molecular weight excluding hydrogens is 579 g/mol. The van der Waals surface area contributed by atoms with Gasteiger partial charge < -0.3 is 26.0 Å². The molecule has 0 bridgehead atoms. The summed E-state index contributed by atoms with van der Waals surface area (Å²) in [7, 11) is 0. The number of amides is 2. The number of unbranched alkanes of at least 4 members (excludes halogenated alkanes) is 9. The van der Waals surface area contributed by atoms with E-state index in [9.17, 15) is 33.8 Å². The molecule has 0 spiro atoms. The Morgan fingerprint density at radius 1 is 0.933 bits per heavy atom. The first-order chi connectivity index (χ1) is 21.6. The molecule has 0 fully saturated rings. The number of hydrogen-bond acceptors (Lipinski definition) is 6. The number of hydrogen-bond donors (Lipinski definition) is 4. The average molecular weight is 635 g/mol. The Morgan fingerprint density at radius 2 is 1.53 bits per heavy atom. The minimum atomic E-state index is -2.72. The standard InChI is InChI=1S/C35H55FN2O7/c1-3-5-7-10-13-16-28(39)17-14-11-8-9-12-15-18-30(35(44,23-24-36)34(42)43)33(41)38-31(32(37)40)26-27-19-21-29(22-20-27)45-25-6-4-2/h15,18-22,30-31,44H,3-14,16-17,23-26H2,1-2H3,(H2,37,40)(H,38,41)(H,42,43)/t30-,31+,35+/m1/s1. The number of primary amides is 1. The maximum absolute atomic E-state index is 13.3. The summed E-state index contributed by atoms with van der Waals surface area (Å²) < 4.78 is 19.0. The van der Waals surface area contributed by atoms with Crippen LogP contribution in [0.5, 0.6) is 5.75 Å². The minimum absolute atomic E-state index is 0.0305. The fraction of sp³-hybridized carbons (Fsp3) is 0.657. The minimum Gasteiger partial charge on any atom is -0.494 e. The number of benzene rings is 1. The van der Waals surface area contributed by atoms with Gasteiger partial charge in [-0.25, -0.2) is 4.79 Å². The number of ketones is 1. The van der Waals surface area contributed by atoms with Crippen LogP contribution in [0.2, 0.25) is 0 Å². The van der Waals surface area contributed by atoms with Crippen molar-refractivity contribution in [1.82, 2.24) is 5.32 Å². The summed E-state index contributed by atoms with van der Waals surface area (Å²) in [6.45, 7) is 3.64. The Kier molecular flexibility index (Phi) is 20.4. The summed E-state index contributed by atoms with van der Waals surface area (Å²) in [4.78, 5) is 49.6. The van der Waals surface area contributed by atoms with E-state index in [0.29, 0.717) is 43.0 Å². The molecule has 10 heteroatoms. The lowest BCUT2D eigenvalue weighted by Gasteiger charge is -2.30. The molecule has 1 aromatic rings. The van der Waals surface area contributed by atoms with Crippen molar-refractivity contribution in [2.24, 2.45) is 11.7 Å². The van der Waals surface area contributed by atoms with E-state index in [-0.39, 0.29) is 6.42 Å². The van der Waals surface area contributed by atoms with Crippen molar-refractivity contribution in [3.63, 3.8) is 0 Å². The number of alkyl halides is 1. The van der Waals surface area contributed by atoms with E-state index in [4.69, 9.17) is 10.5 Å². The average Bonchev–Trinajstić information content (AvgIpc) is 3.00. The molecule has 0 aliphatic heterocycles. The summed E-state index contributed by atoms with van der Waals surface area (Å²) in [5.74, 6) is -4.22. The third kappa shape index (κ3) is 16.0. The van der Waals surface area contributed by atoms with E-state index in [1.54, 1.807) is 30.3 Å². The van der Waals surface area contributed by atoms with Gasteiger partial charge in [0.1, 0.15) is 17.6 Å². The van der Waals surface area contributed by atoms with E-state index in [1.165, 1.54) is 25.3 Å². The number of ether oxygens (including phenoxy) is 1. The topological polar surface area (TPSA) is 156 Å². The molecule has 0 unspecified atom stereocenters. The number of halogens is 1. The highest BCUT2D eigenvalue weighted by Crippen LogP contribution is 2.26. The van der Waals surface area contributed by atoms with E-state index >= 15 is 0 Å². The van der Waals surface area contributed by atoms with Crippen molar-refractivity contribution in [1.29, 1.82) is 0 Å². The predicted molar refractivity (Wildman–Crippen MR) is 174 cm³/mol. The largest absolute Gasteiger partial charge is 0.494 e. The lowest BCUT2D eigenvalue weighted by atomic mass is 9.83. The second kappa shape index (κ2) is 23.1. The van der Waals surface area contributed by atoms with E-state index in [1.807, 2.05) is 0 Å². The molecule has 9 nitrogen and oxygen atoms in total. The SMILES string of the molecule is CCCCCCCC(=O)CCCCCCC=C[C@H](C(=O)N[C@@H](Cc1ccc(OCCCC)cc1)C(N)=O)[C@@](O)(CCF)C(=O)O. The zero-order chi connectivity index (χ0) is 33.5. The van der Waals surface area contributed by atoms with Crippen molar-refractivity contribution < 1.29 is 38.5 Å². The zero-order valence-corrected chi connectivity index (χ0v) is 27.2. The molecule has 5 N–H and O–H groups in total. The molecule has 2 amide bonds. The summed E-state index contributed by atoms with van der Waals surface area (Å²) >= 11 is 0. The predicted octanol–water partition coefficient (Wildman–Crippen LogP) is 6.00. The van der Waals surface area contributed by atoms with E-state index in [0.717, 1.165) is 51.4 Å². The number of aliphatic hydroxyl groups is 1. The van der Waals surface area contributed by atoms with E-state index in [2.05, 4.69) is 19.2 Å². The van der Waals surface area contributed by atoms with Gasteiger partial charge in [-0.15, -0.1) is 0 Å². The highest BCUT2D eigenvalue weighted by atomic mass is 19.1. The number of carboxylic acid groups (broad SMARTS) is 1. The third-order valence-corrected chi connectivity index (χ3v) is 7.90. The second-order valence-corrected chi connectivity index (χ2v) is 11.7. The van der Waals surface area contributed by atoms with Crippen LogP contribution in [0.1, 0.15) is 116 Å². The fourth-order valence-corrected chi connectivity index (χ4v) is 5.00. The molecule has 1 rings (SSSR count). The van der Waals surface area contributed by atoms with Gasteiger partial charge in [0.25, 0.3) is 0 Å². The number of carbonyl (C=O) groups is 4. The number of rotatable bonds is 27. The maximum Gasteiger partial charge on any atom is 0.336 e. The Balaban J connectivity index is 2.75. The first-order valence-electron chi connectivity index (χ1n) is 16.6. The van der Waals surface area contributed by atoms with Crippen LogP contribution in [-0.4, -0.2) is 58.7 Å². The molecule has 1 aromatic carbocycles. The van der Waals surface area contributed by atoms with Crippen molar-refractivity contribution in [2.75, 3.05) is 13.3 Å².